The van der Waals surface area contributed by atoms with Gasteiger partial charge in [0.15, 0.2) is 0 Å². The lowest BCUT2D eigenvalue weighted by Gasteiger charge is -2.33. The van der Waals surface area contributed by atoms with Crippen LogP contribution in [-0.4, -0.2) is 47.9 Å². The molecule has 2 heterocycles. The fourth-order valence-electron chi connectivity index (χ4n) is 1.91. The Balaban J connectivity index is 2.09. The minimum absolute atomic E-state index is 0.0805. The molecule has 1 N–H and O–H groups in total. The molecule has 0 amide bonds. The minimum Gasteiger partial charge on any atom is -0.394 e. The van der Waals surface area contributed by atoms with Gasteiger partial charge in [-0.1, -0.05) is 0 Å². The average Bonchev–Trinajstić information content (AvgIpc) is 2.33. The van der Waals surface area contributed by atoms with E-state index in [-0.39, 0.29) is 12.6 Å². The molecule has 0 spiro atoms. The zero-order valence-corrected chi connectivity index (χ0v) is 8.67. The molecule has 1 aliphatic heterocycles. The van der Waals surface area contributed by atoms with Crippen LogP contribution in [0.1, 0.15) is 11.6 Å². The Kier molecular flexibility index (Phi) is 3.66. The van der Waals surface area contributed by atoms with E-state index < -0.39 is 0 Å². The van der Waals surface area contributed by atoms with Gasteiger partial charge in [0.1, 0.15) is 0 Å². The van der Waals surface area contributed by atoms with E-state index in [1.165, 1.54) is 0 Å². The van der Waals surface area contributed by atoms with Gasteiger partial charge < -0.3 is 9.84 Å². The summed E-state index contributed by atoms with van der Waals surface area (Å²) in [6.45, 7) is 3.41. The topological polar surface area (TPSA) is 45.6 Å². The first kappa shape index (κ1) is 10.5. The SMILES string of the molecule is OC[C@@H](c1ccncc1)N1CCOCC1. The van der Waals surface area contributed by atoms with Crippen LogP contribution in [0.2, 0.25) is 0 Å². The maximum Gasteiger partial charge on any atom is 0.0628 e. The zero-order valence-electron chi connectivity index (χ0n) is 8.67. The quantitative estimate of drug-likeness (QED) is 0.783. The minimum atomic E-state index is 0.0805. The molecule has 1 atom stereocenters. The summed E-state index contributed by atoms with van der Waals surface area (Å²) in [5.74, 6) is 0. The van der Waals surface area contributed by atoms with Crippen molar-refractivity contribution in [3.05, 3.63) is 30.1 Å². The Morgan fingerprint density at radius 3 is 2.60 bits per heavy atom. The number of hydrogen-bond donors (Lipinski definition) is 1. The lowest BCUT2D eigenvalue weighted by atomic mass is 10.1. The number of aliphatic hydroxyl groups is 1. The van der Waals surface area contributed by atoms with Crippen LogP contribution >= 0.6 is 0 Å². The van der Waals surface area contributed by atoms with Gasteiger partial charge in [0.05, 0.1) is 25.9 Å². The van der Waals surface area contributed by atoms with Crippen LogP contribution in [-0.2, 0) is 4.74 Å². The summed E-state index contributed by atoms with van der Waals surface area (Å²) in [6, 6.07) is 3.99. The molecule has 2 rings (SSSR count). The van der Waals surface area contributed by atoms with Gasteiger partial charge in [-0.25, -0.2) is 0 Å². The second-order valence-corrected chi connectivity index (χ2v) is 3.63. The third-order valence-corrected chi connectivity index (χ3v) is 2.75. The highest BCUT2D eigenvalue weighted by atomic mass is 16.5. The van der Waals surface area contributed by atoms with Gasteiger partial charge in [-0.3, -0.25) is 9.88 Å². The molecule has 4 nitrogen and oxygen atoms in total. The molecular formula is C11H16N2O2. The molecule has 1 aromatic rings. The Morgan fingerprint density at radius 2 is 2.00 bits per heavy atom. The van der Waals surface area contributed by atoms with E-state index in [0.717, 1.165) is 31.9 Å². The first-order valence-electron chi connectivity index (χ1n) is 5.24. The standard InChI is InChI=1S/C11H16N2O2/c14-9-11(10-1-3-12-4-2-10)13-5-7-15-8-6-13/h1-4,11,14H,5-9H2/t11-/m0/s1. The van der Waals surface area contributed by atoms with E-state index in [4.69, 9.17) is 4.74 Å². The Labute approximate surface area is 89.5 Å². The summed E-state index contributed by atoms with van der Waals surface area (Å²) in [6.07, 6.45) is 3.52. The molecule has 0 saturated carbocycles. The zero-order chi connectivity index (χ0) is 10.5. The molecule has 1 aliphatic rings. The number of hydrogen-bond acceptors (Lipinski definition) is 4. The number of ether oxygens (including phenoxy) is 1. The van der Waals surface area contributed by atoms with Crippen LogP contribution < -0.4 is 0 Å². The molecule has 0 unspecified atom stereocenters. The summed E-state index contributed by atoms with van der Waals surface area (Å²) in [7, 11) is 0. The van der Waals surface area contributed by atoms with Crippen LogP contribution in [0.4, 0.5) is 0 Å². The lowest BCUT2D eigenvalue weighted by Crippen LogP contribution is -2.40. The van der Waals surface area contributed by atoms with Crippen LogP contribution in [0, 0.1) is 0 Å². The molecule has 0 aliphatic carbocycles. The number of aromatic nitrogens is 1. The van der Waals surface area contributed by atoms with E-state index in [1.54, 1.807) is 12.4 Å². The summed E-state index contributed by atoms with van der Waals surface area (Å²) in [5, 5.41) is 9.43. The molecule has 0 bridgehead atoms. The highest BCUT2D eigenvalue weighted by molar-refractivity contribution is 5.15. The summed E-state index contributed by atoms with van der Waals surface area (Å²) in [4.78, 5) is 6.23. The largest absolute Gasteiger partial charge is 0.394 e. The third-order valence-electron chi connectivity index (χ3n) is 2.75. The van der Waals surface area contributed by atoms with Gasteiger partial charge >= 0.3 is 0 Å². The molecule has 1 aromatic heterocycles. The molecule has 4 heteroatoms. The van der Waals surface area contributed by atoms with E-state index in [1.807, 2.05) is 12.1 Å². The van der Waals surface area contributed by atoms with Gasteiger partial charge in [-0.15, -0.1) is 0 Å². The summed E-state index contributed by atoms with van der Waals surface area (Å²) < 4.78 is 5.29. The van der Waals surface area contributed by atoms with Crippen molar-refractivity contribution in [3.63, 3.8) is 0 Å². The first-order valence-corrected chi connectivity index (χ1v) is 5.24. The molecule has 15 heavy (non-hydrogen) atoms. The maximum absolute atomic E-state index is 9.43. The molecule has 0 radical (unpaired) electrons. The van der Waals surface area contributed by atoms with Crippen molar-refractivity contribution in [1.82, 2.24) is 9.88 Å². The fraction of sp³-hybridized carbons (Fsp3) is 0.545. The van der Waals surface area contributed by atoms with E-state index in [2.05, 4.69) is 9.88 Å². The average molecular weight is 208 g/mol. The molecule has 0 aromatic carbocycles. The van der Waals surface area contributed by atoms with Crippen LogP contribution in [0.3, 0.4) is 0 Å². The number of nitrogens with zero attached hydrogens (tertiary/aromatic N) is 2. The first-order chi connectivity index (χ1) is 7.42. The van der Waals surface area contributed by atoms with Crippen LogP contribution in [0.15, 0.2) is 24.5 Å². The monoisotopic (exact) mass is 208 g/mol. The lowest BCUT2D eigenvalue weighted by molar-refractivity contribution is 0.00258. The fourth-order valence-corrected chi connectivity index (χ4v) is 1.91. The van der Waals surface area contributed by atoms with Crippen molar-refractivity contribution in [2.24, 2.45) is 0 Å². The predicted octanol–water partition coefficient (Wildman–Crippen LogP) is 0.447. The predicted molar refractivity (Wildman–Crippen MR) is 56.5 cm³/mol. The van der Waals surface area contributed by atoms with E-state index >= 15 is 0 Å². The van der Waals surface area contributed by atoms with Crippen molar-refractivity contribution in [1.29, 1.82) is 0 Å². The van der Waals surface area contributed by atoms with Gasteiger partial charge in [0.25, 0.3) is 0 Å². The highest BCUT2D eigenvalue weighted by Crippen LogP contribution is 2.20. The Morgan fingerprint density at radius 1 is 1.33 bits per heavy atom. The van der Waals surface area contributed by atoms with Crippen molar-refractivity contribution < 1.29 is 9.84 Å². The number of morpholine rings is 1. The Hall–Kier alpha value is -0.970. The van der Waals surface area contributed by atoms with Gasteiger partial charge in [0, 0.05) is 25.5 Å². The molecular weight excluding hydrogens is 192 g/mol. The molecule has 1 fully saturated rings. The molecule has 1 saturated heterocycles. The van der Waals surface area contributed by atoms with Gasteiger partial charge in [0.2, 0.25) is 0 Å². The normalized spacial score (nSPS) is 20.1. The van der Waals surface area contributed by atoms with Crippen molar-refractivity contribution in [2.75, 3.05) is 32.9 Å². The smallest absolute Gasteiger partial charge is 0.0628 e. The Bertz CT molecular complexity index is 286. The highest BCUT2D eigenvalue weighted by Gasteiger charge is 2.21. The van der Waals surface area contributed by atoms with Crippen molar-refractivity contribution >= 4 is 0 Å². The van der Waals surface area contributed by atoms with Crippen molar-refractivity contribution in [2.45, 2.75) is 6.04 Å². The second kappa shape index (κ2) is 5.21. The number of pyridine rings is 1. The van der Waals surface area contributed by atoms with Gasteiger partial charge in [-0.05, 0) is 17.7 Å². The van der Waals surface area contributed by atoms with E-state index in [0.29, 0.717) is 0 Å². The number of rotatable bonds is 3. The second-order valence-electron chi connectivity index (χ2n) is 3.63. The summed E-state index contributed by atoms with van der Waals surface area (Å²) >= 11 is 0. The van der Waals surface area contributed by atoms with Crippen LogP contribution in [0.25, 0.3) is 0 Å². The molecule has 82 valence electrons. The van der Waals surface area contributed by atoms with Crippen LogP contribution in [0.5, 0.6) is 0 Å². The van der Waals surface area contributed by atoms with E-state index in [9.17, 15) is 5.11 Å². The van der Waals surface area contributed by atoms with Crippen molar-refractivity contribution in [3.8, 4) is 0 Å². The number of aliphatic hydroxyl groups excluding tert-OH is 1. The summed E-state index contributed by atoms with van der Waals surface area (Å²) in [5.41, 5.74) is 1.12. The third kappa shape index (κ3) is 2.53. The van der Waals surface area contributed by atoms with Gasteiger partial charge in [-0.2, -0.15) is 0 Å². The maximum atomic E-state index is 9.43.